The Bertz CT molecular complexity index is 1530. The lowest BCUT2D eigenvalue weighted by atomic mass is 10.2. The molecule has 5 rings (SSSR count). The van der Waals surface area contributed by atoms with Crippen LogP contribution in [-0.4, -0.2) is 63.5 Å². The van der Waals surface area contributed by atoms with Gasteiger partial charge in [-0.2, -0.15) is 0 Å². The van der Waals surface area contributed by atoms with E-state index in [0.717, 1.165) is 53.4 Å². The number of thiazole rings is 1. The van der Waals surface area contributed by atoms with E-state index in [1.807, 2.05) is 19.1 Å². The third-order valence-electron chi connectivity index (χ3n) is 6.43. The highest BCUT2D eigenvalue weighted by Gasteiger charge is 2.20. The molecule has 3 aromatic carbocycles. The van der Waals surface area contributed by atoms with E-state index in [1.165, 1.54) is 4.70 Å². The molecule has 0 saturated carbocycles. The lowest BCUT2D eigenvalue weighted by Crippen LogP contribution is -2.48. The number of carbonyl (C=O) groups is 1. The van der Waals surface area contributed by atoms with Crippen LogP contribution in [-0.2, 0) is 10.0 Å². The zero-order valence-electron chi connectivity index (χ0n) is 20.9. The first-order valence-corrected chi connectivity index (χ1v) is 15.4. The fourth-order valence-corrected chi connectivity index (χ4v) is 6.86. The van der Waals surface area contributed by atoms with Crippen LogP contribution in [0.2, 0.25) is 0 Å². The number of rotatable bonds is 8. The van der Waals surface area contributed by atoms with E-state index < -0.39 is 10.0 Å². The zero-order valence-corrected chi connectivity index (χ0v) is 24.1. The minimum absolute atomic E-state index is 0.183. The van der Waals surface area contributed by atoms with Crippen molar-refractivity contribution in [1.82, 2.24) is 15.2 Å². The molecular formula is C27H28BrN5O3S2. The van der Waals surface area contributed by atoms with Crippen molar-refractivity contribution in [1.29, 1.82) is 0 Å². The van der Waals surface area contributed by atoms with E-state index in [-0.39, 0.29) is 10.8 Å². The predicted molar refractivity (Wildman–Crippen MR) is 157 cm³/mol. The molecule has 1 aromatic heterocycles. The molecule has 0 atom stereocenters. The van der Waals surface area contributed by atoms with Crippen LogP contribution in [0.5, 0.6) is 0 Å². The second-order valence-electron chi connectivity index (χ2n) is 9.19. The van der Waals surface area contributed by atoms with Gasteiger partial charge in [0.25, 0.3) is 15.9 Å². The number of anilines is 2. The Kier molecular flexibility index (Phi) is 7.98. The van der Waals surface area contributed by atoms with Gasteiger partial charge in [0.1, 0.15) is 0 Å². The van der Waals surface area contributed by atoms with Gasteiger partial charge in [0.2, 0.25) is 0 Å². The monoisotopic (exact) mass is 613 g/mol. The third kappa shape index (κ3) is 6.35. The first-order valence-electron chi connectivity index (χ1n) is 12.3. The van der Waals surface area contributed by atoms with Gasteiger partial charge in [-0.3, -0.25) is 14.4 Å². The van der Waals surface area contributed by atoms with Crippen molar-refractivity contribution in [3.05, 3.63) is 82.3 Å². The second-order valence-corrected chi connectivity index (χ2v) is 12.8. The van der Waals surface area contributed by atoms with Crippen LogP contribution in [0.4, 0.5) is 10.8 Å². The van der Waals surface area contributed by atoms with Gasteiger partial charge < -0.3 is 10.2 Å². The van der Waals surface area contributed by atoms with Crippen LogP contribution in [0.15, 0.2) is 76.1 Å². The van der Waals surface area contributed by atoms with E-state index in [1.54, 1.807) is 59.9 Å². The maximum Gasteiger partial charge on any atom is 0.261 e. The summed E-state index contributed by atoms with van der Waals surface area (Å²) in [5, 5.41) is 4.01. The van der Waals surface area contributed by atoms with Crippen molar-refractivity contribution in [3.63, 3.8) is 0 Å². The quantitative estimate of drug-likeness (QED) is 0.299. The number of nitrogens with one attached hydrogen (secondary N) is 2. The van der Waals surface area contributed by atoms with E-state index in [9.17, 15) is 13.2 Å². The molecule has 11 heteroatoms. The molecular weight excluding hydrogens is 586 g/mol. The van der Waals surface area contributed by atoms with Crippen molar-refractivity contribution in [2.75, 3.05) is 48.9 Å². The average molecular weight is 615 g/mol. The normalized spacial score (nSPS) is 14.5. The van der Waals surface area contributed by atoms with Crippen LogP contribution in [0.1, 0.15) is 15.9 Å². The van der Waals surface area contributed by atoms with E-state index in [0.29, 0.717) is 17.8 Å². The minimum atomic E-state index is -3.69. The Labute approximate surface area is 234 Å². The van der Waals surface area contributed by atoms with Crippen LogP contribution < -0.4 is 14.9 Å². The number of aromatic nitrogens is 1. The summed E-state index contributed by atoms with van der Waals surface area (Å²) in [5.41, 5.74) is 2.89. The third-order valence-corrected chi connectivity index (χ3v) is 9.40. The Hall–Kier alpha value is -2.99. The summed E-state index contributed by atoms with van der Waals surface area (Å²) in [5.74, 6) is -0.183. The van der Waals surface area contributed by atoms with Crippen LogP contribution in [0.3, 0.4) is 0 Å². The summed E-state index contributed by atoms with van der Waals surface area (Å²) < 4.78 is 29.9. The van der Waals surface area contributed by atoms with E-state index in [2.05, 4.69) is 41.8 Å². The number of fused-ring (bicyclic) bond motifs is 1. The first-order chi connectivity index (χ1) is 18.3. The smallest absolute Gasteiger partial charge is 0.261 e. The van der Waals surface area contributed by atoms with Crippen molar-refractivity contribution in [2.24, 2.45) is 0 Å². The van der Waals surface area contributed by atoms with Crippen LogP contribution in [0, 0.1) is 6.92 Å². The van der Waals surface area contributed by atoms with E-state index in [4.69, 9.17) is 4.98 Å². The van der Waals surface area contributed by atoms with Crippen molar-refractivity contribution < 1.29 is 13.2 Å². The molecule has 2 N–H and O–H groups in total. The summed E-state index contributed by atoms with van der Waals surface area (Å²) in [6, 6.07) is 19.2. The van der Waals surface area contributed by atoms with Gasteiger partial charge in [0, 0.05) is 55.0 Å². The van der Waals surface area contributed by atoms with Gasteiger partial charge in [-0.1, -0.05) is 45.0 Å². The van der Waals surface area contributed by atoms with Gasteiger partial charge in [-0.05, 0) is 61.5 Å². The molecule has 8 nitrogen and oxygen atoms in total. The van der Waals surface area contributed by atoms with Gasteiger partial charge >= 0.3 is 0 Å². The highest BCUT2D eigenvalue weighted by atomic mass is 79.9. The molecule has 198 valence electrons. The Morgan fingerprint density at radius 1 is 1.00 bits per heavy atom. The molecule has 2 heterocycles. The van der Waals surface area contributed by atoms with Gasteiger partial charge in [-0.15, -0.1) is 0 Å². The SMILES string of the molecule is Cc1ccc(S(=O)(=O)Nc2ccc(C(=O)NCCN3CCN(c4nc5ccc(Br)cc5s4)CC3)cc2)cc1. The molecule has 1 aliphatic rings. The fraction of sp³-hybridized carbons (Fsp3) is 0.259. The molecule has 0 spiro atoms. The molecule has 4 aromatic rings. The number of sulfonamides is 1. The molecule has 38 heavy (non-hydrogen) atoms. The standard InChI is InChI=1S/C27H28BrN5O3S2/c1-19-2-9-23(10-3-19)38(35,36)31-22-7-4-20(5-8-22)26(34)29-12-13-32-14-16-33(17-15-32)27-30-24-11-6-21(28)18-25(24)37-27/h2-11,18,31H,12-17H2,1H3,(H,29,34). The number of amides is 1. The first kappa shape index (κ1) is 26.6. The second kappa shape index (κ2) is 11.4. The van der Waals surface area contributed by atoms with Crippen molar-refractivity contribution in [2.45, 2.75) is 11.8 Å². The average Bonchev–Trinajstić information content (AvgIpc) is 3.33. The van der Waals surface area contributed by atoms with Gasteiger partial charge in [-0.25, -0.2) is 13.4 Å². The van der Waals surface area contributed by atoms with Crippen LogP contribution in [0.25, 0.3) is 10.2 Å². The maximum absolute atomic E-state index is 12.6. The number of halogens is 1. The van der Waals surface area contributed by atoms with Gasteiger partial charge in [0.05, 0.1) is 15.1 Å². The number of hydrogen-bond acceptors (Lipinski definition) is 7. The molecule has 0 radical (unpaired) electrons. The number of benzene rings is 3. The Morgan fingerprint density at radius 2 is 1.71 bits per heavy atom. The molecule has 1 saturated heterocycles. The lowest BCUT2D eigenvalue weighted by Gasteiger charge is -2.34. The number of piperazine rings is 1. The molecule has 1 aliphatic heterocycles. The lowest BCUT2D eigenvalue weighted by molar-refractivity contribution is 0.0948. The summed E-state index contributed by atoms with van der Waals surface area (Å²) in [6.07, 6.45) is 0. The largest absolute Gasteiger partial charge is 0.351 e. The Balaban J connectivity index is 1.07. The molecule has 0 bridgehead atoms. The van der Waals surface area contributed by atoms with Crippen molar-refractivity contribution in [3.8, 4) is 0 Å². The fourth-order valence-electron chi connectivity index (χ4n) is 4.24. The number of hydrogen-bond donors (Lipinski definition) is 2. The maximum atomic E-state index is 12.6. The summed E-state index contributed by atoms with van der Waals surface area (Å²) in [4.78, 5) is 22.2. The summed E-state index contributed by atoms with van der Waals surface area (Å²) in [7, 11) is -3.69. The summed E-state index contributed by atoms with van der Waals surface area (Å²) in [6.45, 7) is 6.81. The molecule has 1 fully saturated rings. The predicted octanol–water partition coefficient (Wildman–Crippen LogP) is 4.72. The highest BCUT2D eigenvalue weighted by Crippen LogP contribution is 2.31. The number of carbonyl (C=O) groups excluding carboxylic acids is 1. The highest BCUT2D eigenvalue weighted by molar-refractivity contribution is 9.10. The zero-order chi connectivity index (χ0) is 26.7. The molecule has 0 aliphatic carbocycles. The minimum Gasteiger partial charge on any atom is -0.351 e. The molecule has 0 unspecified atom stereocenters. The summed E-state index contributed by atoms with van der Waals surface area (Å²) >= 11 is 5.23. The number of nitrogens with zero attached hydrogens (tertiary/aromatic N) is 3. The van der Waals surface area contributed by atoms with Crippen LogP contribution >= 0.6 is 27.3 Å². The Morgan fingerprint density at radius 3 is 2.42 bits per heavy atom. The topological polar surface area (TPSA) is 94.6 Å². The number of aryl methyl sites for hydroxylation is 1. The molecule has 1 amide bonds. The van der Waals surface area contributed by atoms with Gasteiger partial charge in [0.15, 0.2) is 5.13 Å². The van der Waals surface area contributed by atoms with E-state index >= 15 is 0 Å². The van der Waals surface area contributed by atoms with Crippen molar-refractivity contribution >= 4 is 64.2 Å².